The van der Waals surface area contributed by atoms with Gasteiger partial charge in [0, 0.05) is 36.8 Å². The zero-order valence-electron chi connectivity index (χ0n) is 18.3. The van der Waals surface area contributed by atoms with E-state index in [9.17, 15) is 4.39 Å². The molecule has 5 rings (SSSR count). The van der Waals surface area contributed by atoms with Crippen LogP contribution in [-0.4, -0.2) is 82.6 Å². The third kappa shape index (κ3) is 4.13. The fourth-order valence-corrected chi connectivity index (χ4v) is 4.35. The lowest BCUT2D eigenvalue weighted by atomic mass is 10.0. The van der Waals surface area contributed by atoms with Gasteiger partial charge in [0.1, 0.15) is 5.69 Å². The van der Waals surface area contributed by atoms with Crippen molar-refractivity contribution in [3.05, 3.63) is 41.7 Å². The van der Waals surface area contributed by atoms with Gasteiger partial charge in [0.05, 0.1) is 63.4 Å². The van der Waals surface area contributed by atoms with Crippen LogP contribution in [0.1, 0.15) is 11.3 Å². The van der Waals surface area contributed by atoms with Crippen LogP contribution in [0.4, 0.5) is 4.39 Å². The maximum absolute atomic E-state index is 14.4. The number of morpholine rings is 1. The Morgan fingerprint density at radius 1 is 1.22 bits per heavy atom. The lowest BCUT2D eigenvalue weighted by Gasteiger charge is -2.29. The van der Waals surface area contributed by atoms with E-state index in [1.807, 2.05) is 21.8 Å². The standard InChI is InChI=1S/C22H27FN6O3/c1-27-5-8-32-17(13-27)14-28-12-16(11-25-28)29-20-4-7-31-6-3-18(20)21(26-29)15-9-19(23)22(30-2)24-10-15/h9-12,17H,3-8,13-14H2,1-2H3/t17-/m1/s1. The molecule has 9 nitrogen and oxygen atoms in total. The van der Waals surface area contributed by atoms with Gasteiger partial charge in [-0.3, -0.25) is 4.68 Å². The van der Waals surface area contributed by atoms with Crippen LogP contribution in [0.15, 0.2) is 24.7 Å². The molecule has 0 unspecified atom stereocenters. The molecule has 1 atom stereocenters. The van der Waals surface area contributed by atoms with Crippen molar-refractivity contribution in [2.75, 3.05) is 47.1 Å². The molecule has 1 fully saturated rings. The van der Waals surface area contributed by atoms with E-state index in [-0.39, 0.29) is 12.0 Å². The van der Waals surface area contributed by atoms with Crippen LogP contribution < -0.4 is 4.74 Å². The van der Waals surface area contributed by atoms with Crippen LogP contribution in [0.25, 0.3) is 16.9 Å². The highest BCUT2D eigenvalue weighted by Crippen LogP contribution is 2.31. The minimum absolute atomic E-state index is 0.0283. The van der Waals surface area contributed by atoms with Crippen LogP contribution in [0.3, 0.4) is 0 Å². The zero-order chi connectivity index (χ0) is 22.1. The Morgan fingerprint density at radius 3 is 2.91 bits per heavy atom. The molecular formula is C22H27FN6O3. The van der Waals surface area contributed by atoms with E-state index in [0.29, 0.717) is 37.4 Å². The van der Waals surface area contributed by atoms with E-state index in [2.05, 4.69) is 22.0 Å². The second-order valence-corrected chi connectivity index (χ2v) is 8.19. The molecule has 0 N–H and O–H groups in total. The van der Waals surface area contributed by atoms with E-state index in [4.69, 9.17) is 19.3 Å². The Bertz CT molecular complexity index is 1100. The molecule has 0 bridgehead atoms. The minimum atomic E-state index is -0.511. The number of methoxy groups -OCH3 is 1. The predicted octanol–water partition coefficient (Wildman–Crippen LogP) is 1.72. The van der Waals surface area contributed by atoms with Gasteiger partial charge in [0.15, 0.2) is 5.82 Å². The number of halogens is 1. The molecule has 3 aromatic rings. The van der Waals surface area contributed by atoms with Crippen LogP contribution in [-0.2, 0) is 28.9 Å². The fraction of sp³-hybridized carbons (Fsp3) is 0.500. The zero-order valence-corrected chi connectivity index (χ0v) is 18.3. The molecule has 10 heteroatoms. The van der Waals surface area contributed by atoms with Crippen LogP contribution in [0.5, 0.6) is 5.88 Å². The van der Waals surface area contributed by atoms with Gasteiger partial charge in [-0.25, -0.2) is 14.1 Å². The van der Waals surface area contributed by atoms with Gasteiger partial charge in [-0.1, -0.05) is 0 Å². The maximum Gasteiger partial charge on any atom is 0.250 e. The largest absolute Gasteiger partial charge is 0.479 e. The van der Waals surface area contributed by atoms with E-state index >= 15 is 0 Å². The summed E-state index contributed by atoms with van der Waals surface area (Å²) in [6, 6.07) is 1.42. The summed E-state index contributed by atoms with van der Waals surface area (Å²) in [4.78, 5) is 6.35. The summed E-state index contributed by atoms with van der Waals surface area (Å²) in [6.07, 6.45) is 6.91. The van der Waals surface area contributed by atoms with Gasteiger partial charge in [-0.05, 0) is 19.5 Å². The SMILES string of the molecule is COc1ncc(-c2nn(-c3cnn(C[C@H]4CN(C)CCO4)c3)c3c2CCOCC3)cc1F. The smallest absolute Gasteiger partial charge is 0.250 e. The quantitative estimate of drug-likeness (QED) is 0.595. The molecule has 5 heterocycles. The first-order valence-corrected chi connectivity index (χ1v) is 10.8. The average Bonchev–Trinajstić information content (AvgIpc) is 3.30. The molecular weight excluding hydrogens is 415 g/mol. The molecule has 170 valence electrons. The van der Waals surface area contributed by atoms with Gasteiger partial charge in [0.25, 0.3) is 0 Å². The highest BCUT2D eigenvalue weighted by molar-refractivity contribution is 5.65. The van der Waals surface area contributed by atoms with Crippen molar-refractivity contribution in [1.29, 1.82) is 0 Å². The molecule has 0 radical (unpaired) electrons. The number of pyridine rings is 1. The Balaban J connectivity index is 1.48. The molecule has 2 aliphatic heterocycles. The summed E-state index contributed by atoms with van der Waals surface area (Å²) < 4.78 is 34.7. The van der Waals surface area contributed by atoms with Crippen molar-refractivity contribution in [2.45, 2.75) is 25.5 Å². The third-order valence-electron chi connectivity index (χ3n) is 5.94. The molecule has 0 saturated carbocycles. The number of ether oxygens (including phenoxy) is 3. The topological polar surface area (TPSA) is 79.5 Å². The first-order chi connectivity index (χ1) is 15.6. The Hall–Kier alpha value is -2.82. The van der Waals surface area contributed by atoms with Gasteiger partial charge < -0.3 is 19.1 Å². The number of likely N-dealkylation sites (N-methyl/N-ethyl adjacent to an activating group) is 1. The van der Waals surface area contributed by atoms with Gasteiger partial charge in [0.2, 0.25) is 5.88 Å². The lowest BCUT2D eigenvalue weighted by Crippen LogP contribution is -2.42. The predicted molar refractivity (Wildman–Crippen MR) is 115 cm³/mol. The molecule has 1 saturated heterocycles. The fourth-order valence-electron chi connectivity index (χ4n) is 4.35. The minimum Gasteiger partial charge on any atom is -0.479 e. The maximum atomic E-state index is 14.4. The molecule has 0 spiro atoms. The van der Waals surface area contributed by atoms with Crippen LogP contribution in [0, 0.1) is 5.82 Å². The number of fused-ring (bicyclic) bond motifs is 1. The van der Waals surface area contributed by atoms with Crippen molar-refractivity contribution < 1.29 is 18.6 Å². The second kappa shape index (κ2) is 8.97. The van der Waals surface area contributed by atoms with Crippen molar-refractivity contribution in [1.82, 2.24) is 29.4 Å². The number of rotatable bonds is 5. The normalized spacial score (nSPS) is 19.5. The summed E-state index contributed by atoms with van der Waals surface area (Å²) >= 11 is 0. The highest BCUT2D eigenvalue weighted by Gasteiger charge is 2.24. The van der Waals surface area contributed by atoms with Crippen molar-refractivity contribution >= 4 is 0 Å². The Labute approximate surface area is 185 Å². The molecule has 0 amide bonds. The molecule has 2 aliphatic rings. The van der Waals surface area contributed by atoms with Crippen LogP contribution in [0.2, 0.25) is 0 Å². The van der Waals surface area contributed by atoms with Crippen molar-refractivity contribution in [3.8, 4) is 22.8 Å². The molecule has 0 aromatic carbocycles. The number of aromatic nitrogens is 5. The van der Waals surface area contributed by atoms with Crippen molar-refractivity contribution in [3.63, 3.8) is 0 Å². The van der Waals surface area contributed by atoms with E-state index < -0.39 is 5.82 Å². The summed E-state index contributed by atoms with van der Waals surface area (Å²) in [6.45, 7) is 4.46. The number of nitrogens with zero attached hydrogens (tertiary/aromatic N) is 6. The molecule has 3 aromatic heterocycles. The van der Waals surface area contributed by atoms with Crippen LogP contribution >= 0.6 is 0 Å². The average molecular weight is 442 g/mol. The van der Waals surface area contributed by atoms with Crippen molar-refractivity contribution in [2.24, 2.45) is 0 Å². The first-order valence-electron chi connectivity index (χ1n) is 10.8. The summed E-state index contributed by atoms with van der Waals surface area (Å²) in [5.41, 5.74) is 4.30. The second-order valence-electron chi connectivity index (χ2n) is 8.19. The number of hydrogen-bond acceptors (Lipinski definition) is 7. The molecule has 0 aliphatic carbocycles. The summed E-state index contributed by atoms with van der Waals surface area (Å²) in [5, 5.41) is 9.40. The Morgan fingerprint density at radius 2 is 2.09 bits per heavy atom. The monoisotopic (exact) mass is 442 g/mol. The lowest BCUT2D eigenvalue weighted by molar-refractivity contribution is -0.0290. The van der Waals surface area contributed by atoms with E-state index in [1.165, 1.54) is 13.2 Å². The molecule has 32 heavy (non-hydrogen) atoms. The first kappa shape index (κ1) is 21.0. The van der Waals surface area contributed by atoms with E-state index in [1.54, 1.807) is 6.20 Å². The summed E-state index contributed by atoms with van der Waals surface area (Å²) in [7, 11) is 3.50. The van der Waals surface area contributed by atoms with E-state index in [0.717, 1.165) is 43.1 Å². The number of hydrogen-bond donors (Lipinski definition) is 0. The van der Waals surface area contributed by atoms with Gasteiger partial charge >= 0.3 is 0 Å². The van der Waals surface area contributed by atoms with Gasteiger partial charge in [-0.15, -0.1) is 0 Å². The highest BCUT2D eigenvalue weighted by atomic mass is 19.1. The summed E-state index contributed by atoms with van der Waals surface area (Å²) in [5.74, 6) is -0.539. The third-order valence-corrected chi connectivity index (χ3v) is 5.94. The Kier molecular flexibility index (Phi) is 5.90. The van der Waals surface area contributed by atoms with Gasteiger partial charge in [-0.2, -0.15) is 10.2 Å².